The fourth-order valence-corrected chi connectivity index (χ4v) is 5.14. The number of carbonyl (C=O) groups is 1. The second-order valence-corrected chi connectivity index (χ2v) is 8.78. The zero-order chi connectivity index (χ0) is 21.5. The summed E-state index contributed by atoms with van der Waals surface area (Å²) in [7, 11) is 3.37. The molecule has 1 aliphatic carbocycles. The van der Waals surface area contributed by atoms with Gasteiger partial charge >= 0.3 is 5.69 Å². The van der Waals surface area contributed by atoms with Gasteiger partial charge in [-0.3, -0.25) is 9.36 Å². The minimum absolute atomic E-state index is 0.00564. The third kappa shape index (κ3) is 3.54. The van der Waals surface area contributed by atoms with Gasteiger partial charge in [0.15, 0.2) is 0 Å². The summed E-state index contributed by atoms with van der Waals surface area (Å²) >= 11 is 0. The number of aryl methyl sites for hydroxylation is 1. The number of rotatable bonds is 4. The smallest absolute Gasteiger partial charge is 0.345 e. The lowest BCUT2D eigenvalue weighted by atomic mass is 9.95. The fraction of sp³-hybridized carbons (Fsp3) is 0.522. The monoisotopic (exact) mass is 423 g/mol. The Morgan fingerprint density at radius 1 is 1.13 bits per heavy atom. The molecule has 3 aromatic rings. The molecule has 1 amide bonds. The Kier molecular flexibility index (Phi) is 5.08. The Labute approximate surface area is 180 Å². The summed E-state index contributed by atoms with van der Waals surface area (Å²) in [4.78, 5) is 30.9. The number of methoxy groups -OCH3 is 1. The molecule has 0 radical (unpaired) electrons. The van der Waals surface area contributed by atoms with Gasteiger partial charge in [0.2, 0.25) is 0 Å². The second kappa shape index (κ2) is 7.90. The molecule has 1 N–H and O–H groups in total. The quantitative estimate of drug-likeness (QED) is 0.698. The standard InChI is InChI=1S/C23H29N5O3/c1-26-23(30)28(17-5-3-4-6-17)21(25-26)15-9-11-27(12-10-15)22(29)20-13-16-7-8-18(31-2)14-19(16)24-20/h7-8,13-15,17,24H,3-6,9-12H2,1-2H3. The second-order valence-electron chi connectivity index (χ2n) is 8.78. The number of hydrogen-bond donors (Lipinski definition) is 1. The molecule has 1 saturated carbocycles. The Hall–Kier alpha value is -3.03. The normalized spacial score (nSPS) is 18.2. The molecule has 3 heterocycles. The van der Waals surface area contributed by atoms with Crippen molar-refractivity contribution in [2.24, 2.45) is 7.05 Å². The average molecular weight is 424 g/mol. The predicted molar refractivity (Wildman–Crippen MR) is 118 cm³/mol. The molecule has 8 nitrogen and oxygen atoms in total. The first-order valence-corrected chi connectivity index (χ1v) is 11.2. The van der Waals surface area contributed by atoms with Gasteiger partial charge in [0, 0.05) is 49.1 Å². The van der Waals surface area contributed by atoms with Crippen LogP contribution in [0.3, 0.4) is 0 Å². The van der Waals surface area contributed by atoms with Crippen molar-refractivity contribution in [1.29, 1.82) is 0 Å². The van der Waals surface area contributed by atoms with Crippen LogP contribution < -0.4 is 10.4 Å². The van der Waals surface area contributed by atoms with Crippen LogP contribution >= 0.6 is 0 Å². The predicted octanol–water partition coefficient (Wildman–Crippen LogP) is 3.21. The third-order valence-electron chi connectivity index (χ3n) is 6.88. The van der Waals surface area contributed by atoms with E-state index in [-0.39, 0.29) is 23.6 Å². The van der Waals surface area contributed by atoms with Gasteiger partial charge in [-0.15, -0.1) is 0 Å². The van der Waals surface area contributed by atoms with E-state index < -0.39 is 0 Å². The molecule has 0 spiro atoms. The van der Waals surface area contributed by atoms with Crippen molar-refractivity contribution in [2.45, 2.75) is 50.5 Å². The zero-order valence-electron chi connectivity index (χ0n) is 18.1. The molecule has 1 saturated heterocycles. The van der Waals surface area contributed by atoms with Crippen LogP contribution in [0, 0.1) is 0 Å². The number of benzene rings is 1. The number of H-pyrrole nitrogens is 1. The van der Waals surface area contributed by atoms with Crippen molar-refractivity contribution in [1.82, 2.24) is 24.2 Å². The number of aromatic amines is 1. The van der Waals surface area contributed by atoms with Gasteiger partial charge in [0.05, 0.1) is 7.11 Å². The molecule has 8 heteroatoms. The number of aromatic nitrogens is 4. The third-order valence-corrected chi connectivity index (χ3v) is 6.88. The van der Waals surface area contributed by atoms with Gasteiger partial charge in [-0.25, -0.2) is 9.48 Å². The topological polar surface area (TPSA) is 85.2 Å². The SMILES string of the molecule is COc1ccc2cc(C(=O)N3CCC(c4nn(C)c(=O)n4C4CCCC4)CC3)[nH]c2c1. The Bertz CT molecular complexity index is 1160. The van der Waals surface area contributed by atoms with Crippen molar-refractivity contribution < 1.29 is 9.53 Å². The van der Waals surface area contributed by atoms with E-state index in [4.69, 9.17) is 4.74 Å². The molecule has 0 atom stereocenters. The summed E-state index contributed by atoms with van der Waals surface area (Å²) < 4.78 is 8.69. The van der Waals surface area contributed by atoms with Crippen LogP contribution in [0.5, 0.6) is 5.75 Å². The van der Waals surface area contributed by atoms with Gasteiger partial charge in [-0.1, -0.05) is 12.8 Å². The molecule has 2 fully saturated rings. The number of amides is 1. The van der Waals surface area contributed by atoms with Crippen LogP contribution in [0.2, 0.25) is 0 Å². The number of nitrogens with one attached hydrogen (secondary N) is 1. The average Bonchev–Trinajstić information content (AvgIpc) is 3.52. The van der Waals surface area contributed by atoms with E-state index in [9.17, 15) is 9.59 Å². The van der Waals surface area contributed by atoms with Crippen LogP contribution in [0.25, 0.3) is 10.9 Å². The maximum absolute atomic E-state index is 13.1. The van der Waals surface area contributed by atoms with E-state index in [1.807, 2.05) is 33.7 Å². The summed E-state index contributed by atoms with van der Waals surface area (Å²) in [5.41, 5.74) is 1.49. The van der Waals surface area contributed by atoms with E-state index in [2.05, 4.69) is 10.1 Å². The first kappa shape index (κ1) is 19.9. The van der Waals surface area contributed by atoms with E-state index >= 15 is 0 Å². The highest BCUT2D eigenvalue weighted by atomic mass is 16.5. The number of nitrogens with zero attached hydrogens (tertiary/aromatic N) is 4. The molecule has 0 unspecified atom stereocenters. The van der Waals surface area contributed by atoms with Gasteiger partial charge in [0.25, 0.3) is 5.91 Å². The maximum atomic E-state index is 13.1. The highest BCUT2D eigenvalue weighted by molar-refractivity contribution is 5.98. The molecule has 2 aliphatic rings. The van der Waals surface area contributed by atoms with Crippen molar-refractivity contribution in [3.63, 3.8) is 0 Å². The van der Waals surface area contributed by atoms with E-state index in [1.165, 1.54) is 17.5 Å². The summed E-state index contributed by atoms with van der Waals surface area (Å²) in [6.07, 6.45) is 6.11. The lowest BCUT2D eigenvalue weighted by Crippen LogP contribution is -2.39. The highest BCUT2D eigenvalue weighted by Crippen LogP contribution is 2.34. The fourth-order valence-electron chi connectivity index (χ4n) is 5.14. The lowest BCUT2D eigenvalue weighted by molar-refractivity contribution is 0.0704. The van der Waals surface area contributed by atoms with Crippen molar-refractivity contribution in [3.05, 3.63) is 46.3 Å². The van der Waals surface area contributed by atoms with Crippen molar-refractivity contribution >= 4 is 16.8 Å². The van der Waals surface area contributed by atoms with Crippen LogP contribution in [0.15, 0.2) is 29.1 Å². The summed E-state index contributed by atoms with van der Waals surface area (Å²) in [6.45, 7) is 1.33. The Morgan fingerprint density at radius 3 is 2.58 bits per heavy atom. The molecule has 2 aromatic heterocycles. The minimum Gasteiger partial charge on any atom is -0.497 e. The van der Waals surface area contributed by atoms with Crippen LogP contribution in [-0.4, -0.2) is 50.3 Å². The highest BCUT2D eigenvalue weighted by Gasteiger charge is 2.32. The molecule has 1 aromatic carbocycles. The molecule has 0 bridgehead atoms. The van der Waals surface area contributed by atoms with Gasteiger partial charge in [-0.2, -0.15) is 5.10 Å². The van der Waals surface area contributed by atoms with Crippen LogP contribution in [0.1, 0.15) is 66.8 Å². The molecule has 31 heavy (non-hydrogen) atoms. The summed E-state index contributed by atoms with van der Waals surface area (Å²) in [5, 5.41) is 5.59. The van der Waals surface area contributed by atoms with Crippen molar-refractivity contribution in [2.75, 3.05) is 20.2 Å². The Morgan fingerprint density at radius 2 is 1.87 bits per heavy atom. The molecule has 1 aliphatic heterocycles. The number of hydrogen-bond acceptors (Lipinski definition) is 4. The van der Waals surface area contributed by atoms with E-state index in [1.54, 1.807) is 14.2 Å². The molecular formula is C23H29N5O3. The zero-order valence-corrected chi connectivity index (χ0v) is 18.1. The van der Waals surface area contributed by atoms with Gasteiger partial charge < -0.3 is 14.6 Å². The Balaban J connectivity index is 1.31. The molecule has 5 rings (SSSR count). The van der Waals surface area contributed by atoms with E-state index in [0.717, 1.165) is 48.2 Å². The number of carbonyl (C=O) groups excluding carboxylic acids is 1. The number of ether oxygens (including phenoxy) is 1. The number of likely N-dealkylation sites (tertiary alicyclic amines) is 1. The summed E-state index contributed by atoms with van der Waals surface area (Å²) in [5.74, 6) is 1.90. The minimum atomic E-state index is -0.00564. The van der Waals surface area contributed by atoms with Gasteiger partial charge in [0.1, 0.15) is 17.3 Å². The van der Waals surface area contributed by atoms with Crippen molar-refractivity contribution in [3.8, 4) is 5.75 Å². The maximum Gasteiger partial charge on any atom is 0.345 e. The first-order valence-electron chi connectivity index (χ1n) is 11.2. The largest absolute Gasteiger partial charge is 0.497 e. The summed E-state index contributed by atoms with van der Waals surface area (Å²) in [6, 6.07) is 7.93. The van der Waals surface area contributed by atoms with Crippen LogP contribution in [0.4, 0.5) is 0 Å². The molecule has 164 valence electrons. The van der Waals surface area contributed by atoms with Gasteiger partial charge in [-0.05, 0) is 43.9 Å². The first-order chi connectivity index (χ1) is 15.0. The van der Waals surface area contributed by atoms with Crippen LogP contribution in [-0.2, 0) is 7.05 Å². The lowest BCUT2D eigenvalue weighted by Gasteiger charge is -2.31. The molecular weight excluding hydrogens is 394 g/mol. The van der Waals surface area contributed by atoms with E-state index in [0.29, 0.717) is 18.8 Å². The number of fused-ring (bicyclic) bond motifs is 1. The number of piperidine rings is 1.